The van der Waals surface area contributed by atoms with E-state index in [4.69, 9.17) is 9.72 Å². The number of hydrogen-bond acceptors (Lipinski definition) is 4. The summed E-state index contributed by atoms with van der Waals surface area (Å²) in [6.45, 7) is 0. The number of rotatable bonds is 4. The van der Waals surface area contributed by atoms with Gasteiger partial charge in [-0.1, -0.05) is 31.7 Å². The third kappa shape index (κ3) is 2.86. The number of pyridine rings is 1. The molecule has 0 bridgehead atoms. The average Bonchev–Trinajstić information content (AvgIpc) is 3.33. The van der Waals surface area contributed by atoms with Crippen LogP contribution in [-0.2, 0) is 0 Å². The lowest BCUT2D eigenvalue weighted by Gasteiger charge is -2.18. The number of non-ortho nitro benzene ring substituents is 1. The fraction of sp³-hybridized carbons (Fsp3) is 0.550. The second kappa shape index (κ2) is 6.62. The SMILES string of the molecule is COc1cc([N+](=O)[O-])c2nc(C3CCCC3)ccc2c1C1CCCC1. The van der Waals surface area contributed by atoms with E-state index in [9.17, 15) is 10.1 Å². The van der Waals surface area contributed by atoms with Crippen molar-refractivity contribution < 1.29 is 9.66 Å². The Balaban J connectivity index is 1.93. The van der Waals surface area contributed by atoms with E-state index in [-0.39, 0.29) is 10.6 Å². The number of fused-ring (bicyclic) bond motifs is 1. The van der Waals surface area contributed by atoms with E-state index in [1.54, 1.807) is 13.2 Å². The normalized spacial score (nSPS) is 18.9. The maximum atomic E-state index is 11.7. The summed E-state index contributed by atoms with van der Waals surface area (Å²) >= 11 is 0. The second-order valence-electron chi connectivity index (χ2n) is 7.36. The predicted octanol–water partition coefficient (Wildman–Crippen LogP) is 5.47. The van der Waals surface area contributed by atoms with E-state index in [1.807, 2.05) is 0 Å². The van der Waals surface area contributed by atoms with Crippen LogP contribution in [0.5, 0.6) is 5.75 Å². The van der Waals surface area contributed by atoms with Crippen molar-refractivity contribution in [3.05, 3.63) is 39.6 Å². The zero-order valence-corrected chi connectivity index (χ0v) is 14.7. The van der Waals surface area contributed by atoms with Crippen molar-refractivity contribution in [2.45, 2.75) is 63.2 Å². The monoisotopic (exact) mass is 340 g/mol. The molecule has 25 heavy (non-hydrogen) atoms. The second-order valence-corrected chi connectivity index (χ2v) is 7.36. The van der Waals surface area contributed by atoms with Gasteiger partial charge in [-0.3, -0.25) is 10.1 Å². The molecule has 0 unspecified atom stereocenters. The van der Waals surface area contributed by atoms with Gasteiger partial charge in [0.2, 0.25) is 0 Å². The van der Waals surface area contributed by atoms with Gasteiger partial charge in [-0.05, 0) is 37.7 Å². The predicted molar refractivity (Wildman–Crippen MR) is 97.4 cm³/mol. The number of ether oxygens (including phenoxy) is 1. The van der Waals surface area contributed by atoms with Gasteiger partial charge >= 0.3 is 0 Å². The fourth-order valence-corrected chi connectivity index (χ4v) is 4.68. The highest BCUT2D eigenvalue weighted by Crippen LogP contribution is 2.45. The molecule has 2 aliphatic carbocycles. The molecule has 2 fully saturated rings. The van der Waals surface area contributed by atoms with Gasteiger partial charge in [-0.2, -0.15) is 0 Å². The highest BCUT2D eigenvalue weighted by molar-refractivity contribution is 5.93. The third-order valence-electron chi connectivity index (χ3n) is 5.94. The minimum Gasteiger partial charge on any atom is -0.496 e. The van der Waals surface area contributed by atoms with E-state index in [2.05, 4.69) is 12.1 Å². The Labute approximate surface area is 147 Å². The van der Waals surface area contributed by atoms with Crippen LogP contribution in [0.25, 0.3) is 10.9 Å². The van der Waals surface area contributed by atoms with Gasteiger partial charge in [0.05, 0.1) is 18.1 Å². The lowest BCUT2D eigenvalue weighted by Crippen LogP contribution is -2.04. The number of nitro benzene ring substituents is 1. The lowest BCUT2D eigenvalue weighted by molar-refractivity contribution is -0.383. The number of nitro groups is 1. The molecule has 0 aliphatic heterocycles. The summed E-state index contributed by atoms with van der Waals surface area (Å²) in [5, 5.41) is 12.6. The van der Waals surface area contributed by atoms with Crippen molar-refractivity contribution in [1.29, 1.82) is 0 Å². The topological polar surface area (TPSA) is 65.3 Å². The highest BCUT2D eigenvalue weighted by atomic mass is 16.6. The first kappa shape index (κ1) is 16.3. The molecule has 0 radical (unpaired) electrons. The minimum absolute atomic E-state index is 0.0634. The zero-order valence-electron chi connectivity index (χ0n) is 14.7. The lowest BCUT2D eigenvalue weighted by atomic mass is 9.91. The summed E-state index contributed by atoms with van der Waals surface area (Å²) in [6.07, 6.45) is 9.38. The van der Waals surface area contributed by atoms with Crippen molar-refractivity contribution in [1.82, 2.24) is 4.98 Å². The van der Waals surface area contributed by atoms with Crippen molar-refractivity contribution >= 4 is 16.6 Å². The van der Waals surface area contributed by atoms with E-state index in [0.29, 0.717) is 23.1 Å². The molecule has 0 atom stereocenters. The Morgan fingerprint density at radius 3 is 2.32 bits per heavy atom. The quantitative estimate of drug-likeness (QED) is 0.547. The maximum Gasteiger partial charge on any atom is 0.299 e. The van der Waals surface area contributed by atoms with Gasteiger partial charge < -0.3 is 4.74 Å². The molecule has 1 heterocycles. The average molecular weight is 340 g/mol. The summed E-state index contributed by atoms with van der Waals surface area (Å²) in [6, 6.07) is 5.72. The summed E-state index contributed by atoms with van der Waals surface area (Å²) in [5.74, 6) is 1.50. The first-order chi connectivity index (χ1) is 12.2. The van der Waals surface area contributed by atoms with Gasteiger partial charge in [0.1, 0.15) is 11.3 Å². The maximum absolute atomic E-state index is 11.7. The fourth-order valence-electron chi connectivity index (χ4n) is 4.68. The van der Waals surface area contributed by atoms with Gasteiger partial charge in [0.25, 0.3) is 5.69 Å². The van der Waals surface area contributed by atoms with Crippen molar-refractivity contribution in [2.75, 3.05) is 7.11 Å². The van der Waals surface area contributed by atoms with Crippen molar-refractivity contribution in [3.63, 3.8) is 0 Å². The van der Waals surface area contributed by atoms with Gasteiger partial charge in [-0.15, -0.1) is 0 Å². The van der Waals surface area contributed by atoms with Gasteiger partial charge in [0.15, 0.2) is 0 Å². The van der Waals surface area contributed by atoms with Crippen LogP contribution in [0.15, 0.2) is 18.2 Å². The van der Waals surface area contributed by atoms with Gasteiger partial charge in [-0.25, -0.2) is 4.98 Å². The van der Waals surface area contributed by atoms with Crippen LogP contribution < -0.4 is 4.74 Å². The first-order valence-corrected chi connectivity index (χ1v) is 9.35. The summed E-state index contributed by atoms with van der Waals surface area (Å²) in [4.78, 5) is 16.1. The van der Waals surface area contributed by atoms with Crippen LogP contribution in [-0.4, -0.2) is 17.0 Å². The molecule has 4 rings (SSSR count). The smallest absolute Gasteiger partial charge is 0.299 e. The Bertz CT molecular complexity index is 806. The number of aromatic nitrogens is 1. The van der Waals surface area contributed by atoms with E-state index < -0.39 is 0 Å². The Morgan fingerprint density at radius 2 is 1.72 bits per heavy atom. The largest absolute Gasteiger partial charge is 0.496 e. The highest BCUT2D eigenvalue weighted by Gasteiger charge is 2.29. The molecule has 0 N–H and O–H groups in total. The van der Waals surface area contributed by atoms with Crippen molar-refractivity contribution in [3.8, 4) is 5.75 Å². The molecule has 2 aromatic rings. The zero-order chi connectivity index (χ0) is 17.4. The first-order valence-electron chi connectivity index (χ1n) is 9.35. The molecule has 0 amide bonds. The number of methoxy groups -OCH3 is 1. The molecule has 132 valence electrons. The van der Waals surface area contributed by atoms with Crippen LogP contribution in [0.3, 0.4) is 0 Å². The minimum atomic E-state index is -0.325. The molecular formula is C20H24N2O3. The summed E-state index contributed by atoms with van der Waals surface area (Å²) in [7, 11) is 1.60. The van der Waals surface area contributed by atoms with Crippen LogP contribution in [0, 0.1) is 10.1 Å². The van der Waals surface area contributed by atoms with Crippen LogP contribution in [0.4, 0.5) is 5.69 Å². The Hall–Kier alpha value is -2.17. The molecule has 0 spiro atoms. The van der Waals surface area contributed by atoms with E-state index in [1.165, 1.54) is 25.7 Å². The molecule has 2 saturated carbocycles. The number of nitrogens with zero attached hydrogens (tertiary/aromatic N) is 2. The van der Waals surface area contributed by atoms with Crippen LogP contribution in [0.2, 0.25) is 0 Å². The van der Waals surface area contributed by atoms with Crippen LogP contribution in [0.1, 0.15) is 74.5 Å². The Morgan fingerprint density at radius 1 is 1.08 bits per heavy atom. The summed E-state index contributed by atoms with van der Waals surface area (Å²) in [5.41, 5.74) is 2.73. The Kier molecular flexibility index (Phi) is 4.32. The molecular weight excluding hydrogens is 316 g/mol. The number of benzene rings is 1. The standard InChI is InChI=1S/C20H24N2O3/c1-25-18-12-17(22(23)24)20-15(19(18)14-8-4-5-9-14)10-11-16(21-20)13-6-2-3-7-13/h10-14H,2-9H2,1H3. The molecule has 5 nitrogen and oxygen atoms in total. The summed E-state index contributed by atoms with van der Waals surface area (Å²) < 4.78 is 5.55. The van der Waals surface area contributed by atoms with Crippen molar-refractivity contribution in [2.24, 2.45) is 0 Å². The molecule has 1 aromatic carbocycles. The molecule has 0 saturated heterocycles. The van der Waals surface area contributed by atoms with E-state index >= 15 is 0 Å². The van der Waals surface area contributed by atoms with Gasteiger partial charge in [0, 0.05) is 22.6 Å². The molecule has 1 aromatic heterocycles. The van der Waals surface area contributed by atoms with E-state index in [0.717, 1.165) is 42.3 Å². The third-order valence-corrected chi connectivity index (χ3v) is 5.94. The van der Waals surface area contributed by atoms with Crippen LogP contribution >= 0.6 is 0 Å². The molecule has 2 aliphatic rings. The number of hydrogen-bond donors (Lipinski definition) is 0. The molecule has 5 heteroatoms.